The van der Waals surface area contributed by atoms with Crippen molar-refractivity contribution in [1.29, 1.82) is 0 Å². The molecule has 1 N–H and O–H groups in total. The molecule has 0 aliphatic rings. The number of carbonyl (C=O) groups is 1. The van der Waals surface area contributed by atoms with Crippen molar-refractivity contribution >= 4 is 21.5 Å². The van der Waals surface area contributed by atoms with Crippen molar-refractivity contribution in [3.05, 3.63) is 24.3 Å². The second-order valence-electron chi connectivity index (χ2n) is 4.06. The third-order valence-electron chi connectivity index (χ3n) is 2.83. The van der Waals surface area contributed by atoms with Gasteiger partial charge in [0.25, 0.3) is 0 Å². The van der Waals surface area contributed by atoms with Crippen LogP contribution in [0.3, 0.4) is 0 Å². The number of anilines is 1. The molecule has 0 heterocycles. The maximum atomic E-state index is 11.7. The topological polar surface area (TPSA) is 72.5 Å². The van der Waals surface area contributed by atoms with Gasteiger partial charge in [-0.2, -0.15) is 0 Å². The predicted octanol–water partition coefficient (Wildman–Crippen LogP) is 1.84. The Balaban J connectivity index is 2.85. The number of hydrogen-bond donors (Lipinski definition) is 1. The standard InChI is InChI=1S/C13H19NO4S/c1-4-12(13(15)18-3)14-10-6-8-11(9-7-10)19(16,17)5-2/h6-9,12,14H,4-5H2,1-3H3. The highest BCUT2D eigenvalue weighted by Crippen LogP contribution is 2.16. The first-order chi connectivity index (χ1) is 8.94. The van der Waals surface area contributed by atoms with Crippen molar-refractivity contribution in [3.63, 3.8) is 0 Å². The Morgan fingerprint density at radius 3 is 2.26 bits per heavy atom. The molecule has 19 heavy (non-hydrogen) atoms. The first-order valence-electron chi connectivity index (χ1n) is 6.11. The summed E-state index contributed by atoms with van der Waals surface area (Å²) in [4.78, 5) is 11.7. The van der Waals surface area contributed by atoms with Crippen LogP contribution in [0.2, 0.25) is 0 Å². The number of carbonyl (C=O) groups excluding carboxylic acids is 1. The summed E-state index contributed by atoms with van der Waals surface area (Å²) < 4.78 is 28.0. The van der Waals surface area contributed by atoms with Gasteiger partial charge >= 0.3 is 5.97 Å². The summed E-state index contributed by atoms with van der Waals surface area (Å²) in [6.07, 6.45) is 0.585. The normalized spacial score (nSPS) is 12.8. The van der Waals surface area contributed by atoms with E-state index in [1.165, 1.54) is 19.2 Å². The van der Waals surface area contributed by atoms with E-state index in [0.717, 1.165) is 0 Å². The molecule has 0 saturated carbocycles. The lowest BCUT2D eigenvalue weighted by atomic mass is 10.2. The average molecular weight is 285 g/mol. The molecule has 0 amide bonds. The number of methoxy groups -OCH3 is 1. The molecule has 0 saturated heterocycles. The van der Waals surface area contributed by atoms with E-state index in [9.17, 15) is 13.2 Å². The maximum absolute atomic E-state index is 11.7. The van der Waals surface area contributed by atoms with Crippen molar-refractivity contribution in [2.24, 2.45) is 0 Å². The smallest absolute Gasteiger partial charge is 0.328 e. The summed E-state index contributed by atoms with van der Waals surface area (Å²) in [6.45, 7) is 3.47. The Morgan fingerprint density at radius 2 is 1.84 bits per heavy atom. The van der Waals surface area contributed by atoms with Crippen LogP contribution in [0.1, 0.15) is 20.3 Å². The van der Waals surface area contributed by atoms with E-state index in [0.29, 0.717) is 12.1 Å². The molecular weight excluding hydrogens is 266 g/mol. The third kappa shape index (κ3) is 3.96. The fraction of sp³-hybridized carbons (Fsp3) is 0.462. The summed E-state index contributed by atoms with van der Waals surface area (Å²) in [7, 11) is -1.85. The molecule has 1 unspecified atom stereocenters. The van der Waals surface area contributed by atoms with Crippen molar-refractivity contribution in [2.75, 3.05) is 18.2 Å². The molecule has 0 aliphatic heterocycles. The molecule has 5 nitrogen and oxygen atoms in total. The van der Waals surface area contributed by atoms with E-state index in [2.05, 4.69) is 10.1 Å². The van der Waals surface area contributed by atoms with Gasteiger partial charge in [-0.15, -0.1) is 0 Å². The summed E-state index contributed by atoms with van der Waals surface area (Å²) in [6, 6.07) is 5.93. The van der Waals surface area contributed by atoms with E-state index in [1.54, 1.807) is 19.1 Å². The fourth-order valence-corrected chi connectivity index (χ4v) is 2.48. The highest BCUT2D eigenvalue weighted by Gasteiger charge is 2.17. The fourth-order valence-electron chi connectivity index (χ4n) is 1.60. The first kappa shape index (κ1) is 15.5. The number of sulfone groups is 1. The van der Waals surface area contributed by atoms with Gasteiger partial charge in [0, 0.05) is 5.69 Å². The summed E-state index contributed by atoms with van der Waals surface area (Å²) in [5, 5.41) is 3.01. The van der Waals surface area contributed by atoms with Gasteiger partial charge in [0.15, 0.2) is 9.84 Å². The van der Waals surface area contributed by atoms with Crippen LogP contribution in [0, 0.1) is 0 Å². The maximum Gasteiger partial charge on any atom is 0.328 e. The summed E-state index contributed by atoms with van der Waals surface area (Å²) in [5.41, 5.74) is 0.687. The van der Waals surface area contributed by atoms with Crippen LogP contribution in [0.4, 0.5) is 5.69 Å². The molecule has 6 heteroatoms. The van der Waals surface area contributed by atoms with Crippen molar-refractivity contribution in [3.8, 4) is 0 Å². The van der Waals surface area contributed by atoms with Crippen LogP contribution in [0.5, 0.6) is 0 Å². The van der Waals surface area contributed by atoms with Gasteiger partial charge in [-0.3, -0.25) is 0 Å². The van der Waals surface area contributed by atoms with Gasteiger partial charge in [-0.05, 0) is 30.7 Å². The lowest BCUT2D eigenvalue weighted by Gasteiger charge is -2.15. The van der Waals surface area contributed by atoms with Crippen molar-refractivity contribution in [2.45, 2.75) is 31.2 Å². The van der Waals surface area contributed by atoms with Gasteiger partial charge in [0.1, 0.15) is 6.04 Å². The lowest BCUT2D eigenvalue weighted by molar-refractivity contribution is -0.141. The van der Waals surface area contributed by atoms with Gasteiger partial charge in [-0.1, -0.05) is 13.8 Å². The zero-order valence-corrected chi connectivity index (χ0v) is 12.2. The second kappa shape index (κ2) is 6.56. The Hall–Kier alpha value is -1.56. The minimum Gasteiger partial charge on any atom is -0.467 e. The molecule has 0 radical (unpaired) electrons. The number of nitrogens with one attached hydrogen (secondary N) is 1. The zero-order chi connectivity index (χ0) is 14.5. The molecule has 1 atom stereocenters. The van der Waals surface area contributed by atoms with Gasteiger partial charge in [-0.25, -0.2) is 13.2 Å². The van der Waals surface area contributed by atoms with E-state index in [1.807, 2.05) is 6.92 Å². The summed E-state index contributed by atoms with van der Waals surface area (Å²) in [5.74, 6) is -0.271. The SMILES string of the molecule is CCC(Nc1ccc(S(=O)(=O)CC)cc1)C(=O)OC. The van der Waals surface area contributed by atoms with Crippen molar-refractivity contribution < 1.29 is 17.9 Å². The Labute approximate surface area is 113 Å². The minimum atomic E-state index is -3.19. The monoisotopic (exact) mass is 285 g/mol. The van der Waals surface area contributed by atoms with Crippen LogP contribution < -0.4 is 5.32 Å². The summed E-state index contributed by atoms with van der Waals surface area (Å²) >= 11 is 0. The molecule has 0 fully saturated rings. The zero-order valence-electron chi connectivity index (χ0n) is 11.3. The first-order valence-corrected chi connectivity index (χ1v) is 7.77. The number of rotatable bonds is 6. The lowest BCUT2D eigenvalue weighted by Crippen LogP contribution is -2.29. The molecule has 0 aliphatic carbocycles. The highest BCUT2D eigenvalue weighted by atomic mass is 32.2. The van der Waals surface area contributed by atoms with E-state index >= 15 is 0 Å². The van der Waals surface area contributed by atoms with Gasteiger partial charge in [0.2, 0.25) is 0 Å². The van der Waals surface area contributed by atoms with Gasteiger partial charge < -0.3 is 10.1 Å². The quantitative estimate of drug-likeness (QED) is 0.807. The van der Waals surface area contributed by atoms with E-state index < -0.39 is 15.9 Å². The molecule has 0 bridgehead atoms. The number of esters is 1. The minimum absolute atomic E-state index is 0.0690. The molecule has 1 aromatic carbocycles. The molecule has 0 aromatic heterocycles. The van der Waals surface area contributed by atoms with Crippen LogP contribution in [0.15, 0.2) is 29.2 Å². The van der Waals surface area contributed by atoms with Crippen LogP contribution in [-0.4, -0.2) is 33.3 Å². The van der Waals surface area contributed by atoms with E-state index in [4.69, 9.17) is 0 Å². The molecule has 1 aromatic rings. The predicted molar refractivity (Wildman–Crippen MR) is 73.9 cm³/mol. The third-order valence-corrected chi connectivity index (χ3v) is 4.58. The molecule has 106 valence electrons. The number of hydrogen-bond acceptors (Lipinski definition) is 5. The molecular formula is C13H19NO4S. The van der Waals surface area contributed by atoms with Gasteiger partial charge in [0.05, 0.1) is 17.8 Å². The van der Waals surface area contributed by atoms with Crippen LogP contribution >= 0.6 is 0 Å². The largest absolute Gasteiger partial charge is 0.467 e. The number of benzene rings is 1. The average Bonchev–Trinajstić information content (AvgIpc) is 2.44. The Kier molecular flexibility index (Phi) is 5.35. The van der Waals surface area contributed by atoms with Crippen LogP contribution in [-0.2, 0) is 19.4 Å². The van der Waals surface area contributed by atoms with E-state index in [-0.39, 0.29) is 16.6 Å². The number of ether oxygens (including phenoxy) is 1. The molecule has 1 rings (SSSR count). The highest BCUT2D eigenvalue weighted by molar-refractivity contribution is 7.91. The molecule has 0 spiro atoms. The second-order valence-corrected chi connectivity index (χ2v) is 6.33. The van der Waals surface area contributed by atoms with Crippen molar-refractivity contribution in [1.82, 2.24) is 0 Å². The Morgan fingerprint density at radius 1 is 1.26 bits per heavy atom. The van der Waals surface area contributed by atoms with Crippen LogP contribution in [0.25, 0.3) is 0 Å². The Bertz CT molecular complexity index is 522.